The van der Waals surface area contributed by atoms with Gasteiger partial charge in [-0.25, -0.2) is 9.97 Å². The van der Waals surface area contributed by atoms with Crippen LogP contribution in [0.5, 0.6) is 0 Å². The quantitative estimate of drug-likeness (QED) is 0.558. The predicted octanol–water partition coefficient (Wildman–Crippen LogP) is 2.71. The topological polar surface area (TPSA) is 94.0 Å². The zero-order valence-electron chi connectivity index (χ0n) is 10.1. The Morgan fingerprint density at radius 2 is 2.10 bits per heavy atom. The van der Waals surface area contributed by atoms with Crippen molar-refractivity contribution in [3.05, 3.63) is 47.6 Å². The number of hydrogen-bond donors (Lipinski definition) is 2. The van der Waals surface area contributed by atoms with Crippen molar-refractivity contribution in [1.82, 2.24) is 9.97 Å². The first kappa shape index (κ1) is 12.4. The van der Waals surface area contributed by atoms with E-state index in [4.69, 9.17) is 21.8 Å². The summed E-state index contributed by atoms with van der Waals surface area (Å²) in [7, 11) is 0. The summed E-state index contributed by atoms with van der Waals surface area (Å²) in [6.45, 7) is 0. The number of nitrogens with two attached hydrogens (primary N) is 1. The molecule has 2 aromatic heterocycles. The molecule has 0 aliphatic rings. The molecule has 0 aliphatic carbocycles. The second-order valence-electron chi connectivity index (χ2n) is 4.09. The molecular formula is C13H9ClN4O2. The van der Waals surface area contributed by atoms with Crippen molar-refractivity contribution in [2.45, 2.75) is 0 Å². The molecule has 7 heteroatoms. The molecule has 1 amide bonds. The Morgan fingerprint density at radius 3 is 2.90 bits per heavy atom. The number of halogens is 1. The second-order valence-corrected chi connectivity index (χ2v) is 4.48. The molecule has 0 saturated carbocycles. The first-order chi connectivity index (χ1) is 9.61. The number of aromatic nitrogens is 2. The molecule has 3 rings (SSSR count). The van der Waals surface area contributed by atoms with Crippen molar-refractivity contribution in [3.8, 4) is 0 Å². The highest BCUT2D eigenvalue weighted by Gasteiger charge is 2.13. The van der Waals surface area contributed by atoms with Crippen LogP contribution in [0.1, 0.15) is 10.6 Å². The molecule has 0 saturated heterocycles. The number of carbonyl (C=O) groups excluding carboxylic acids is 1. The predicted molar refractivity (Wildman–Crippen MR) is 75.6 cm³/mol. The third-order valence-electron chi connectivity index (χ3n) is 2.64. The lowest BCUT2D eigenvalue weighted by atomic mass is 10.2. The number of nitrogens with one attached hydrogen (secondary N) is 1. The number of rotatable bonds is 2. The number of fused-ring (bicyclic) bond motifs is 1. The fourth-order valence-corrected chi connectivity index (χ4v) is 1.90. The normalized spacial score (nSPS) is 10.7. The molecule has 0 unspecified atom stereocenters. The smallest absolute Gasteiger partial charge is 0.292 e. The standard InChI is InChI=1S/C13H9ClN4O2/c14-11-5-12(17-6-16-11)18-13(19)10-4-7-3-8(15)1-2-9(7)20-10/h1-6H,15H2,(H,16,17,18,19). The zero-order valence-corrected chi connectivity index (χ0v) is 10.9. The lowest BCUT2D eigenvalue weighted by Crippen LogP contribution is -2.12. The maximum Gasteiger partial charge on any atom is 0.292 e. The molecule has 3 N–H and O–H groups in total. The third kappa shape index (κ3) is 2.41. The van der Waals surface area contributed by atoms with Crippen LogP contribution in [-0.2, 0) is 0 Å². The van der Waals surface area contributed by atoms with Crippen LogP contribution in [0.15, 0.2) is 41.1 Å². The average molecular weight is 289 g/mol. The molecule has 0 aliphatic heterocycles. The van der Waals surface area contributed by atoms with Crippen LogP contribution >= 0.6 is 11.6 Å². The van der Waals surface area contributed by atoms with Crippen molar-refractivity contribution in [3.63, 3.8) is 0 Å². The Morgan fingerprint density at radius 1 is 1.25 bits per heavy atom. The van der Waals surface area contributed by atoms with Gasteiger partial charge in [-0.2, -0.15) is 0 Å². The summed E-state index contributed by atoms with van der Waals surface area (Å²) in [6, 6.07) is 8.21. The van der Waals surface area contributed by atoms with Crippen molar-refractivity contribution in [2.75, 3.05) is 11.1 Å². The van der Waals surface area contributed by atoms with Crippen molar-refractivity contribution in [1.29, 1.82) is 0 Å². The minimum Gasteiger partial charge on any atom is -0.451 e. The van der Waals surface area contributed by atoms with Gasteiger partial charge in [-0.3, -0.25) is 4.79 Å². The molecule has 0 spiro atoms. The van der Waals surface area contributed by atoms with Gasteiger partial charge < -0.3 is 15.5 Å². The van der Waals surface area contributed by atoms with E-state index in [1.54, 1.807) is 24.3 Å². The highest BCUT2D eigenvalue weighted by atomic mass is 35.5. The lowest BCUT2D eigenvalue weighted by molar-refractivity contribution is 0.0998. The van der Waals surface area contributed by atoms with Gasteiger partial charge >= 0.3 is 0 Å². The molecule has 0 atom stereocenters. The van der Waals surface area contributed by atoms with Crippen molar-refractivity contribution < 1.29 is 9.21 Å². The van der Waals surface area contributed by atoms with E-state index < -0.39 is 5.91 Å². The number of benzene rings is 1. The van der Waals surface area contributed by atoms with Crippen LogP contribution < -0.4 is 11.1 Å². The summed E-state index contributed by atoms with van der Waals surface area (Å²) in [5, 5.41) is 3.58. The number of furan rings is 1. The Hall–Kier alpha value is -2.60. The summed E-state index contributed by atoms with van der Waals surface area (Å²) in [4.78, 5) is 19.7. The van der Waals surface area contributed by atoms with E-state index in [2.05, 4.69) is 15.3 Å². The van der Waals surface area contributed by atoms with Gasteiger partial charge in [0.05, 0.1) is 0 Å². The van der Waals surface area contributed by atoms with Gasteiger partial charge in [-0.05, 0) is 24.3 Å². The molecule has 2 heterocycles. The molecule has 0 radical (unpaired) electrons. The van der Waals surface area contributed by atoms with Gasteiger partial charge in [-0.1, -0.05) is 11.6 Å². The largest absolute Gasteiger partial charge is 0.451 e. The second kappa shape index (κ2) is 4.82. The lowest BCUT2D eigenvalue weighted by Gasteiger charge is -2.01. The Kier molecular flexibility index (Phi) is 3.00. The summed E-state index contributed by atoms with van der Waals surface area (Å²) in [5.74, 6) is 0.0462. The molecular weight excluding hydrogens is 280 g/mol. The number of anilines is 2. The van der Waals surface area contributed by atoms with Crippen molar-refractivity contribution in [2.24, 2.45) is 0 Å². The maximum atomic E-state index is 12.0. The van der Waals surface area contributed by atoms with E-state index in [1.807, 2.05) is 0 Å². The molecule has 20 heavy (non-hydrogen) atoms. The highest BCUT2D eigenvalue weighted by Crippen LogP contribution is 2.22. The van der Waals surface area contributed by atoms with E-state index >= 15 is 0 Å². The number of amides is 1. The van der Waals surface area contributed by atoms with Gasteiger partial charge in [0.2, 0.25) is 0 Å². The van der Waals surface area contributed by atoms with Gasteiger partial charge in [0.15, 0.2) is 5.76 Å². The monoisotopic (exact) mass is 288 g/mol. The summed E-state index contributed by atoms with van der Waals surface area (Å²) in [6.07, 6.45) is 1.26. The average Bonchev–Trinajstić information content (AvgIpc) is 2.81. The minimum atomic E-state index is -0.422. The molecule has 1 aromatic carbocycles. The van der Waals surface area contributed by atoms with Gasteiger partial charge in [-0.15, -0.1) is 0 Å². The maximum absolute atomic E-state index is 12.0. The first-order valence-corrected chi connectivity index (χ1v) is 6.07. The van der Waals surface area contributed by atoms with Gasteiger partial charge in [0.1, 0.15) is 22.9 Å². The van der Waals surface area contributed by atoms with Crippen molar-refractivity contribution >= 4 is 40.0 Å². The Bertz CT molecular complexity index is 800. The van der Waals surface area contributed by atoms with Gasteiger partial charge in [0.25, 0.3) is 5.91 Å². The summed E-state index contributed by atoms with van der Waals surface area (Å²) in [5.41, 5.74) is 6.87. The minimum absolute atomic E-state index is 0.167. The van der Waals surface area contributed by atoms with Crippen LogP contribution in [0.25, 0.3) is 11.0 Å². The molecule has 0 bridgehead atoms. The number of nitrogen functional groups attached to an aromatic ring is 1. The van der Waals surface area contributed by atoms with E-state index in [9.17, 15) is 4.79 Å². The molecule has 3 aromatic rings. The number of carbonyl (C=O) groups is 1. The molecule has 0 fully saturated rings. The van der Waals surface area contributed by atoms with Crippen LogP contribution in [0.3, 0.4) is 0 Å². The number of hydrogen-bond acceptors (Lipinski definition) is 5. The fourth-order valence-electron chi connectivity index (χ4n) is 1.75. The Labute approximate surface area is 118 Å². The van der Waals surface area contributed by atoms with E-state index in [0.29, 0.717) is 17.1 Å². The third-order valence-corrected chi connectivity index (χ3v) is 2.85. The Balaban J connectivity index is 1.88. The van der Waals surface area contributed by atoms with Gasteiger partial charge in [0, 0.05) is 17.1 Å². The van der Waals surface area contributed by atoms with Crippen LogP contribution in [0.2, 0.25) is 5.15 Å². The summed E-state index contributed by atoms with van der Waals surface area (Å²) >= 11 is 5.72. The molecule has 100 valence electrons. The van der Waals surface area contributed by atoms with Crippen LogP contribution in [0.4, 0.5) is 11.5 Å². The SMILES string of the molecule is Nc1ccc2oc(C(=O)Nc3cc(Cl)ncn3)cc2c1. The van der Waals surface area contributed by atoms with Crippen LogP contribution in [-0.4, -0.2) is 15.9 Å². The highest BCUT2D eigenvalue weighted by molar-refractivity contribution is 6.29. The summed E-state index contributed by atoms with van der Waals surface area (Å²) < 4.78 is 5.44. The number of nitrogens with zero attached hydrogens (tertiary/aromatic N) is 2. The zero-order chi connectivity index (χ0) is 14.1. The fraction of sp³-hybridized carbons (Fsp3) is 0. The van der Waals surface area contributed by atoms with E-state index in [0.717, 1.165) is 5.39 Å². The molecule has 6 nitrogen and oxygen atoms in total. The van der Waals surface area contributed by atoms with E-state index in [1.165, 1.54) is 12.4 Å². The van der Waals surface area contributed by atoms with Crippen LogP contribution in [0, 0.1) is 0 Å². The first-order valence-electron chi connectivity index (χ1n) is 5.70. The van der Waals surface area contributed by atoms with E-state index in [-0.39, 0.29) is 10.9 Å².